The Labute approximate surface area is 123 Å². The van der Waals surface area contributed by atoms with Crippen molar-refractivity contribution >= 4 is 0 Å². The van der Waals surface area contributed by atoms with Gasteiger partial charge in [-0.05, 0) is 56.3 Å². The number of benzene rings is 1. The largest absolute Gasteiger partial charge is 0.489 e. The van der Waals surface area contributed by atoms with Crippen LogP contribution in [0.2, 0.25) is 0 Å². The summed E-state index contributed by atoms with van der Waals surface area (Å²) in [7, 11) is 2.06. The van der Waals surface area contributed by atoms with Gasteiger partial charge in [-0.3, -0.25) is 0 Å². The van der Waals surface area contributed by atoms with Crippen molar-refractivity contribution in [3.8, 4) is 5.75 Å². The highest BCUT2D eigenvalue weighted by Crippen LogP contribution is 2.31. The Morgan fingerprint density at radius 1 is 1.15 bits per heavy atom. The lowest BCUT2D eigenvalue weighted by molar-refractivity contribution is 0.0866. The van der Waals surface area contributed by atoms with Crippen LogP contribution >= 0.6 is 0 Å². The second-order valence-electron chi connectivity index (χ2n) is 6.02. The molecule has 1 aromatic rings. The third-order valence-electron chi connectivity index (χ3n) is 4.59. The highest BCUT2D eigenvalue weighted by Gasteiger charge is 2.30. The topological polar surface area (TPSA) is 21.3 Å². The van der Waals surface area contributed by atoms with Crippen molar-refractivity contribution in [2.24, 2.45) is 5.92 Å². The van der Waals surface area contributed by atoms with E-state index in [-0.39, 0.29) is 0 Å². The number of hydrogen-bond donors (Lipinski definition) is 1. The fourth-order valence-electron chi connectivity index (χ4n) is 3.32. The minimum atomic E-state index is 0.317. The van der Waals surface area contributed by atoms with Gasteiger partial charge in [0.15, 0.2) is 0 Å². The van der Waals surface area contributed by atoms with Crippen LogP contribution in [0.1, 0.15) is 51.5 Å². The van der Waals surface area contributed by atoms with E-state index in [9.17, 15) is 0 Å². The SMILES string of the molecule is CCCC1CCC(NC)C(Oc2ccc(CC)cc2)C1. The van der Waals surface area contributed by atoms with E-state index in [1.807, 2.05) is 0 Å². The number of aryl methyl sites for hydroxylation is 1. The van der Waals surface area contributed by atoms with Gasteiger partial charge in [-0.2, -0.15) is 0 Å². The predicted molar refractivity (Wildman–Crippen MR) is 85.3 cm³/mol. The van der Waals surface area contributed by atoms with Gasteiger partial charge >= 0.3 is 0 Å². The molecule has 3 unspecified atom stereocenters. The quantitative estimate of drug-likeness (QED) is 0.840. The first-order valence-corrected chi connectivity index (χ1v) is 8.19. The molecular formula is C18H29NO. The molecule has 0 heterocycles. The molecule has 1 N–H and O–H groups in total. The standard InChI is InChI=1S/C18H29NO/c1-4-6-15-9-12-17(19-3)18(13-15)20-16-10-7-14(5-2)8-11-16/h7-8,10-11,15,17-19H,4-6,9,12-13H2,1-3H3. The molecule has 2 rings (SSSR count). The van der Waals surface area contributed by atoms with Gasteiger partial charge < -0.3 is 10.1 Å². The van der Waals surface area contributed by atoms with Gasteiger partial charge in [0.2, 0.25) is 0 Å². The summed E-state index contributed by atoms with van der Waals surface area (Å²) in [4.78, 5) is 0. The first-order chi connectivity index (χ1) is 9.76. The Morgan fingerprint density at radius 2 is 1.90 bits per heavy atom. The van der Waals surface area contributed by atoms with Crippen LogP contribution in [0.15, 0.2) is 24.3 Å². The van der Waals surface area contributed by atoms with Gasteiger partial charge in [0, 0.05) is 6.04 Å². The van der Waals surface area contributed by atoms with Crippen LogP contribution in [0.4, 0.5) is 0 Å². The Morgan fingerprint density at radius 3 is 2.50 bits per heavy atom. The van der Waals surface area contributed by atoms with Crippen molar-refractivity contribution in [3.05, 3.63) is 29.8 Å². The third kappa shape index (κ3) is 3.99. The van der Waals surface area contributed by atoms with E-state index in [4.69, 9.17) is 4.74 Å². The molecule has 112 valence electrons. The lowest BCUT2D eigenvalue weighted by atomic mass is 9.81. The van der Waals surface area contributed by atoms with Crippen molar-refractivity contribution in [3.63, 3.8) is 0 Å². The summed E-state index contributed by atoms with van der Waals surface area (Å²) in [5.74, 6) is 1.86. The Kier molecular flexibility index (Phi) is 5.90. The summed E-state index contributed by atoms with van der Waals surface area (Å²) >= 11 is 0. The number of nitrogens with one attached hydrogen (secondary N) is 1. The van der Waals surface area contributed by atoms with E-state index in [2.05, 4.69) is 50.5 Å². The summed E-state index contributed by atoms with van der Waals surface area (Å²) in [6, 6.07) is 9.09. The second kappa shape index (κ2) is 7.68. The minimum absolute atomic E-state index is 0.317. The molecule has 2 nitrogen and oxygen atoms in total. The van der Waals surface area contributed by atoms with Crippen LogP contribution in [-0.4, -0.2) is 19.2 Å². The van der Waals surface area contributed by atoms with E-state index in [1.165, 1.54) is 37.7 Å². The zero-order valence-corrected chi connectivity index (χ0v) is 13.2. The highest BCUT2D eigenvalue weighted by atomic mass is 16.5. The van der Waals surface area contributed by atoms with Crippen LogP contribution in [0.5, 0.6) is 5.75 Å². The highest BCUT2D eigenvalue weighted by molar-refractivity contribution is 5.27. The zero-order chi connectivity index (χ0) is 14.4. The van der Waals surface area contributed by atoms with Crippen molar-refractivity contribution in [1.82, 2.24) is 5.32 Å². The molecule has 0 saturated heterocycles. The van der Waals surface area contributed by atoms with Crippen molar-refractivity contribution in [2.75, 3.05) is 7.05 Å². The van der Waals surface area contributed by atoms with E-state index < -0.39 is 0 Å². The van der Waals surface area contributed by atoms with Gasteiger partial charge in [-0.25, -0.2) is 0 Å². The molecule has 20 heavy (non-hydrogen) atoms. The maximum Gasteiger partial charge on any atom is 0.119 e. The summed E-state index contributed by atoms with van der Waals surface area (Å²) in [5, 5.41) is 3.43. The van der Waals surface area contributed by atoms with E-state index >= 15 is 0 Å². The van der Waals surface area contributed by atoms with E-state index in [0.717, 1.165) is 18.1 Å². The van der Waals surface area contributed by atoms with Gasteiger partial charge in [0.05, 0.1) is 0 Å². The number of rotatable bonds is 6. The molecule has 2 heteroatoms. The molecule has 1 aromatic carbocycles. The molecule has 0 aromatic heterocycles. The number of ether oxygens (including phenoxy) is 1. The van der Waals surface area contributed by atoms with Crippen LogP contribution in [-0.2, 0) is 6.42 Å². The van der Waals surface area contributed by atoms with Crippen molar-refractivity contribution in [2.45, 2.75) is 64.5 Å². The molecule has 1 aliphatic carbocycles. The molecule has 0 bridgehead atoms. The molecule has 0 radical (unpaired) electrons. The lowest BCUT2D eigenvalue weighted by Crippen LogP contribution is -2.45. The first-order valence-electron chi connectivity index (χ1n) is 8.19. The Hall–Kier alpha value is -1.02. The molecule has 0 aliphatic heterocycles. The Balaban J connectivity index is 1.99. The molecule has 1 saturated carbocycles. The van der Waals surface area contributed by atoms with E-state index in [1.54, 1.807) is 0 Å². The van der Waals surface area contributed by atoms with Crippen molar-refractivity contribution in [1.29, 1.82) is 0 Å². The average Bonchev–Trinajstić information content (AvgIpc) is 2.49. The molecule has 1 fully saturated rings. The van der Waals surface area contributed by atoms with Crippen molar-refractivity contribution < 1.29 is 4.74 Å². The van der Waals surface area contributed by atoms with Crippen LogP contribution < -0.4 is 10.1 Å². The van der Waals surface area contributed by atoms with E-state index in [0.29, 0.717) is 12.1 Å². The monoisotopic (exact) mass is 275 g/mol. The zero-order valence-electron chi connectivity index (χ0n) is 13.2. The van der Waals surface area contributed by atoms with Gasteiger partial charge in [0.25, 0.3) is 0 Å². The molecule has 3 atom stereocenters. The van der Waals surface area contributed by atoms with Crippen LogP contribution in [0.25, 0.3) is 0 Å². The van der Waals surface area contributed by atoms with Crippen LogP contribution in [0, 0.1) is 5.92 Å². The van der Waals surface area contributed by atoms with Gasteiger partial charge in [-0.15, -0.1) is 0 Å². The third-order valence-corrected chi connectivity index (χ3v) is 4.59. The first kappa shape index (κ1) is 15.4. The number of hydrogen-bond acceptors (Lipinski definition) is 2. The fraction of sp³-hybridized carbons (Fsp3) is 0.667. The van der Waals surface area contributed by atoms with Gasteiger partial charge in [-0.1, -0.05) is 38.8 Å². The summed E-state index contributed by atoms with van der Waals surface area (Å²) in [5.41, 5.74) is 1.37. The summed E-state index contributed by atoms with van der Waals surface area (Å²) in [6.07, 6.45) is 7.79. The predicted octanol–water partition coefficient (Wildman–Crippen LogP) is 4.18. The Bertz CT molecular complexity index is 387. The van der Waals surface area contributed by atoms with Gasteiger partial charge in [0.1, 0.15) is 11.9 Å². The smallest absolute Gasteiger partial charge is 0.119 e. The molecule has 1 aliphatic rings. The summed E-state index contributed by atoms with van der Waals surface area (Å²) in [6.45, 7) is 4.47. The number of likely N-dealkylation sites (N-methyl/N-ethyl adjacent to an activating group) is 1. The normalized spacial score (nSPS) is 26.4. The maximum atomic E-state index is 6.27. The molecule has 0 amide bonds. The minimum Gasteiger partial charge on any atom is -0.489 e. The maximum absolute atomic E-state index is 6.27. The summed E-state index contributed by atoms with van der Waals surface area (Å²) < 4.78 is 6.27. The molecular weight excluding hydrogens is 246 g/mol. The van der Waals surface area contributed by atoms with Crippen LogP contribution in [0.3, 0.4) is 0 Å². The average molecular weight is 275 g/mol. The lowest BCUT2D eigenvalue weighted by Gasteiger charge is -2.36. The second-order valence-corrected chi connectivity index (χ2v) is 6.02. The molecule has 0 spiro atoms. The fourth-order valence-corrected chi connectivity index (χ4v) is 3.32.